The van der Waals surface area contributed by atoms with Gasteiger partial charge >= 0.3 is 0 Å². The molecule has 0 heterocycles. The second-order valence-electron chi connectivity index (χ2n) is 1.49. The molecule has 0 rings (SSSR count). The van der Waals surface area contributed by atoms with E-state index in [0.29, 0.717) is 0 Å². The average molecular weight is 215 g/mol. The topological polar surface area (TPSA) is 3.24 Å². The summed E-state index contributed by atoms with van der Waals surface area (Å²) >= 11 is 0. The lowest BCUT2D eigenvalue weighted by atomic mass is 10.6. The zero-order valence-electron chi connectivity index (χ0n) is 5.27. The highest BCUT2D eigenvalue weighted by atomic mass is 127. The van der Waals surface area contributed by atoms with Gasteiger partial charge in [-0.05, 0) is 20.1 Å². The van der Waals surface area contributed by atoms with Crippen LogP contribution in [0.4, 0.5) is 0 Å². The van der Waals surface area contributed by atoms with Crippen LogP contribution in [0.25, 0.3) is 0 Å². The predicted molar refractivity (Wildman–Crippen MR) is 44.3 cm³/mol. The highest BCUT2D eigenvalue weighted by Gasteiger charge is 1.81. The molecule has 0 spiro atoms. The molecule has 0 radical (unpaired) electrons. The Balaban J connectivity index is 0. The smallest absolute Gasteiger partial charge is 0.00504 e. The van der Waals surface area contributed by atoms with Gasteiger partial charge in [0.05, 0.1) is 0 Å². The fourth-order valence-corrected chi connectivity index (χ4v) is 0.224. The molecule has 0 atom stereocenters. The lowest BCUT2D eigenvalue weighted by molar-refractivity contribution is 0.373. The van der Waals surface area contributed by atoms with Crippen LogP contribution in [0.1, 0.15) is 13.8 Å². The van der Waals surface area contributed by atoms with Crippen LogP contribution < -0.4 is 0 Å². The van der Waals surface area contributed by atoms with E-state index in [1.807, 2.05) is 0 Å². The largest absolute Gasteiger partial charge is 0.307 e. The summed E-state index contributed by atoms with van der Waals surface area (Å²) in [6.07, 6.45) is 0. The number of hydrogen-bond acceptors (Lipinski definition) is 1. The number of rotatable bonds is 2. The summed E-state index contributed by atoms with van der Waals surface area (Å²) in [6, 6.07) is 0. The van der Waals surface area contributed by atoms with Crippen molar-refractivity contribution in [1.29, 1.82) is 0 Å². The molecule has 0 aliphatic rings. The molecule has 0 aliphatic carbocycles. The molecule has 0 saturated carbocycles. The maximum atomic E-state index is 2.25. The van der Waals surface area contributed by atoms with Crippen molar-refractivity contribution in [2.45, 2.75) is 13.8 Å². The van der Waals surface area contributed by atoms with Gasteiger partial charge in [0.25, 0.3) is 0 Å². The molecule has 0 aromatic rings. The second-order valence-corrected chi connectivity index (χ2v) is 1.49. The molecule has 0 aromatic heterocycles. The third kappa shape index (κ3) is 6.69. The number of hydrogen-bond donors (Lipinski definition) is 0. The van der Waals surface area contributed by atoms with Crippen LogP contribution in [-0.2, 0) is 0 Å². The van der Waals surface area contributed by atoms with Crippen LogP contribution >= 0.6 is 24.0 Å². The molecule has 0 amide bonds. The van der Waals surface area contributed by atoms with Crippen molar-refractivity contribution in [2.75, 3.05) is 20.1 Å². The van der Waals surface area contributed by atoms with Crippen LogP contribution in [0.2, 0.25) is 0 Å². The Kier molecular flexibility index (Phi) is 10.2. The molecule has 0 fully saturated rings. The lowest BCUT2D eigenvalue weighted by Crippen LogP contribution is -2.15. The summed E-state index contributed by atoms with van der Waals surface area (Å²) in [7, 11) is 2.11. The molecular weight excluding hydrogens is 201 g/mol. The van der Waals surface area contributed by atoms with Gasteiger partial charge in [0, 0.05) is 0 Å². The second kappa shape index (κ2) is 6.69. The number of halogens is 1. The Bertz CT molecular complexity index is 27.3. The maximum Gasteiger partial charge on any atom is -0.00504 e. The van der Waals surface area contributed by atoms with E-state index < -0.39 is 0 Å². The molecule has 2 heteroatoms. The van der Waals surface area contributed by atoms with Gasteiger partial charge in [-0.3, -0.25) is 0 Å². The van der Waals surface area contributed by atoms with Crippen molar-refractivity contribution in [3.63, 3.8) is 0 Å². The van der Waals surface area contributed by atoms with Gasteiger partial charge in [0.1, 0.15) is 0 Å². The molecule has 0 unspecified atom stereocenters. The SMILES string of the molecule is CCN(C)CC.I. The van der Waals surface area contributed by atoms with Gasteiger partial charge in [0.2, 0.25) is 0 Å². The van der Waals surface area contributed by atoms with Gasteiger partial charge in [-0.25, -0.2) is 0 Å². The summed E-state index contributed by atoms with van der Waals surface area (Å²) in [5, 5.41) is 0. The molecule has 0 bridgehead atoms. The monoisotopic (exact) mass is 215 g/mol. The highest BCUT2D eigenvalue weighted by Crippen LogP contribution is 1.73. The quantitative estimate of drug-likeness (QED) is 0.632. The van der Waals surface area contributed by atoms with E-state index in [1.165, 1.54) is 0 Å². The fraction of sp³-hybridized carbons (Fsp3) is 1.00. The normalized spacial score (nSPS) is 8.57. The van der Waals surface area contributed by atoms with Crippen LogP contribution in [0.5, 0.6) is 0 Å². The summed E-state index contributed by atoms with van der Waals surface area (Å²) in [4.78, 5) is 2.25. The van der Waals surface area contributed by atoms with E-state index in [-0.39, 0.29) is 24.0 Å². The summed E-state index contributed by atoms with van der Waals surface area (Å²) < 4.78 is 0. The Morgan fingerprint density at radius 1 is 1.14 bits per heavy atom. The third-order valence-corrected chi connectivity index (χ3v) is 1.08. The summed E-state index contributed by atoms with van der Waals surface area (Å²) in [5.41, 5.74) is 0. The average Bonchev–Trinajstić information content (AvgIpc) is 1.65. The van der Waals surface area contributed by atoms with E-state index in [4.69, 9.17) is 0 Å². The molecule has 0 saturated heterocycles. The van der Waals surface area contributed by atoms with Crippen molar-refractivity contribution in [2.24, 2.45) is 0 Å². The first-order chi connectivity index (χ1) is 2.81. The molecule has 46 valence electrons. The van der Waals surface area contributed by atoms with Gasteiger partial charge in [-0.2, -0.15) is 0 Å². The predicted octanol–water partition coefficient (Wildman–Crippen LogP) is 1.58. The molecule has 0 aromatic carbocycles. The Hall–Kier alpha value is 0.690. The van der Waals surface area contributed by atoms with Crippen LogP contribution in [0.3, 0.4) is 0 Å². The van der Waals surface area contributed by atoms with Crippen molar-refractivity contribution >= 4 is 24.0 Å². The minimum absolute atomic E-state index is 0. The van der Waals surface area contributed by atoms with Crippen molar-refractivity contribution < 1.29 is 0 Å². The summed E-state index contributed by atoms with van der Waals surface area (Å²) in [6.45, 7) is 6.64. The molecule has 0 N–H and O–H groups in total. The zero-order chi connectivity index (χ0) is 4.99. The van der Waals surface area contributed by atoms with Gasteiger partial charge < -0.3 is 4.90 Å². The molecule has 7 heavy (non-hydrogen) atoms. The number of nitrogens with zero attached hydrogens (tertiary/aromatic N) is 1. The fourth-order valence-electron chi connectivity index (χ4n) is 0.224. The van der Waals surface area contributed by atoms with E-state index >= 15 is 0 Å². The first kappa shape index (κ1) is 10.6. The molecule has 0 aliphatic heterocycles. The molecular formula is C5H14IN. The van der Waals surface area contributed by atoms with E-state index in [9.17, 15) is 0 Å². The van der Waals surface area contributed by atoms with Gasteiger partial charge in [-0.15, -0.1) is 24.0 Å². The summed E-state index contributed by atoms with van der Waals surface area (Å²) in [5.74, 6) is 0. The highest BCUT2D eigenvalue weighted by molar-refractivity contribution is 14.0. The van der Waals surface area contributed by atoms with E-state index in [1.54, 1.807) is 0 Å². The Labute approximate surface area is 63.1 Å². The first-order valence-electron chi connectivity index (χ1n) is 2.49. The molecule has 1 nitrogen and oxygen atoms in total. The van der Waals surface area contributed by atoms with E-state index in [0.717, 1.165) is 13.1 Å². The van der Waals surface area contributed by atoms with Crippen molar-refractivity contribution in [3.8, 4) is 0 Å². The minimum Gasteiger partial charge on any atom is -0.307 e. The lowest BCUT2D eigenvalue weighted by Gasteiger charge is -2.07. The van der Waals surface area contributed by atoms with Crippen LogP contribution in [0.15, 0.2) is 0 Å². The first-order valence-corrected chi connectivity index (χ1v) is 2.49. The minimum atomic E-state index is 0. The van der Waals surface area contributed by atoms with Crippen molar-refractivity contribution in [1.82, 2.24) is 4.90 Å². The maximum absolute atomic E-state index is 2.25. The van der Waals surface area contributed by atoms with Crippen molar-refractivity contribution in [3.05, 3.63) is 0 Å². The third-order valence-electron chi connectivity index (χ3n) is 1.08. The Morgan fingerprint density at radius 2 is 1.43 bits per heavy atom. The zero-order valence-corrected chi connectivity index (χ0v) is 7.60. The Morgan fingerprint density at radius 3 is 1.43 bits per heavy atom. The van der Waals surface area contributed by atoms with Gasteiger partial charge in [0.15, 0.2) is 0 Å². The van der Waals surface area contributed by atoms with Crippen LogP contribution in [0, 0.1) is 0 Å². The van der Waals surface area contributed by atoms with E-state index in [2.05, 4.69) is 25.8 Å². The standard InChI is InChI=1S/C5H13N.HI/c1-4-6(3)5-2;/h4-5H2,1-3H3;1H. The van der Waals surface area contributed by atoms with Gasteiger partial charge in [-0.1, -0.05) is 13.8 Å². The van der Waals surface area contributed by atoms with Crippen LogP contribution in [-0.4, -0.2) is 25.0 Å².